The topological polar surface area (TPSA) is 26.0 Å². The van der Waals surface area contributed by atoms with E-state index in [1.165, 1.54) is 0 Å². The van der Waals surface area contributed by atoms with Crippen molar-refractivity contribution in [3.63, 3.8) is 0 Å². The number of thioether (sulfide) groups is 1. The zero-order valence-corrected chi connectivity index (χ0v) is 7.72. The summed E-state index contributed by atoms with van der Waals surface area (Å²) in [6.45, 7) is 5.91. The molecule has 0 aromatic carbocycles. The molecule has 2 heteroatoms. The fourth-order valence-corrected chi connectivity index (χ4v) is 1.31. The molecular weight excluding hydrogens is 142 g/mol. The lowest BCUT2D eigenvalue weighted by atomic mass is 10.1. The number of hydrogen-bond acceptors (Lipinski definition) is 2. The van der Waals surface area contributed by atoms with Crippen molar-refractivity contribution in [2.24, 2.45) is 5.73 Å². The van der Waals surface area contributed by atoms with Crippen LogP contribution in [0.15, 0.2) is 0 Å². The van der Waals surface area contributed by atoms with Crippen LogP contribution < -0.4 is 5.73 Å². The van der Waals surface area contributed by atoms with Crippen molar-refractivity contribution in [2.75, 3.05) is 11.5 Å². The summed E-state index contributed by atoms with van der Waals surface area (Å²) in [5, 5.41) is 0. The molecule has 0 atom stereocenters. The predicted octanol–water partition coefficient (Wildman–Crippen LogP) is 1.48. The van der Waals surface area contributed by atoms with Gasteiger partial charge in [-0.1, -0.05) is 5.92 Å². The number of rotatable bonds is 3. The Bertz CT molecular complexity index is 136. The Hall–Kier alpha value is -0.130. The zero-order chi connectivity index (χ0) is 8.04. The van der Waals surface area contributed by atoms with Gasteiger partial charge in [0, 0.05) is 11.3 Å². The van der Waals surface area contributed by atoms with Crippen LogP contribution in [0.2, 0.25) is 0 Å². The summed E-state index contributed by atoms with van der Waals surface area (Å²) >= 11 is 1.79. The standard InChI is InChI=1S/C8H15NS/c1-4-5-6-10-7-8(2,3)9/h6-7,9H2,1-3H3. The molecule has 0 aromatic rings. The van der Waals surface area contributed by atoms with Crippen molar-refractivity contribution in [1.29, 1.82) is 0 Å². The van der Waals surface area contributed by atoms with Crippen LogP contribution in [0.4, 0.5) is 0 Å². The van der Waals surface area contributed by atoms with E-state index in [2.05, 4.69) is 11.8 Å². The highest BCUT2D eigenvalue weighted by Gasteiger charge is 2.08. The molecule has 0 radical (unpaired) electrons. The Labute approximate surface area is 67.8 Å². The Morgan fingerprint density at radius 2 is 2.10 bits per heavy atom. The Morgan fingerprint density at radius 3 is 2.50 bits per heavy atom. The average Bonchev–Trinajstić information content (AvgIpc) is 1.78. The van der Waals surface area contributed by atoms with E-state index >= 15 is 0 Å². The van der Waals surface area contributed by atoms with Gasteiger partial charge in [-0.25, -0.2) is 0 Å². The Kier molecular flexibility index (Phi) is 4.59. The van der Waals surface area contributed by atoms with Crippen molar-refractivity contribution in [2.45, 2.75) is 26.3 Å². The third-order valence-electron chi connectivity index (χ3n) is 0.825. The van der Waals surface area contributed by atoms with Crippen molar-refractivity contribution in [3.05, 3.63) is 0 Å². The van der Waals surface area contributed by atoms with Crippen LogP contribution in [0, 0.1) is 11.8 Å². The quantitative estimate of drug-likeness (QED) is 0.496. The first-order valence-electron chi connectivity index (χ1n) is 3.32. The largest absolute Gasteiger partial charge is 0.325 e. The molecule has 0 bridgehead atoms. The van der Waals surface area contributed by atoms with Gasteiger partial charge in [-0.15, -0.1) is 17.7 Å². The lowest BCUT2D eigenvalue weighted by Gasteiger charge is -2.16. The van der Waals surface area contributed by atoms with Gasteiger partial charge in [0.1, 0.15) is 0 Å². The van der Waals surface area contributed by atoms with E-state index in [0.717, 1.165) is 11.5 Å². The van der Waals surface area contributed by atoms with Crippen molar-refractivity contribution < 1.29 is 0 Å². The molecule has 0 heterocycles. The molecule has 0 unspecified atom stereocenters. The summed E-state index contributed by atoms with van der Waals surface area (Å²) in [6.07, 6.45) is 0. The van der Waals surface area contributed by atoms with Gasteiger partial charge >= 0.3 is 0 Å². The second-order valence-electron chi connectivity index (χ2n) is 2.91. The summed E-state index contributed by atoms with van der Waals surface area (Å²) in [6, 6.07) is 0. The lowest BCUT2D eigenvalue weighted by Crippen LogP contribution is -2.34. The van der Waals surface area contributed by atoms with E-state index in [9.17, 15) is 0 Å². The fourth-order valence-electron chi connectivity index (χ4n) is 0.437. The van der Waals surface area contributed by atoms with Gasteiger partial charge in [0.2, 0.25) is 0 Å². The van der Waals surface area contributed by atoms with Gasteiger partial charge in [-0.3, -0.25) is 0 Å². The van der Waals surface area contributed by atoms with Gasteiger partial charge in [0.25, 0.3) is 0 Å². The maximum absolute atomic E-state index is 5.75. The van der Waals surface area contributed by atoms with Crippen molar-refractivity contribution in [1.82, 2.24) is 0 Å². The molecule has 0 rings (SSSR count). The van der Waals surface area contributed by atoms with Crippen LogP contribution in [0.1, 0.15) is 20.8 Å². The van der Waals surface area contributed by atoms with Gasteiger partial charge in [-0.05, 0) is 20.8 Å². The van der Waals surface area contributed by atoms with Gasteiger partial charge in [-0.2, -0.15) is 0 Å². The van der Waals surface area contributed by atoms with E-state index < -0.39 is 0 Å². The van der Waals surface area contributed by atoms with Crippen LogP contribution in [-0.2, 0) is 0 Å². The second kappa shape index (κ2) is 4.65. The molecule has 10 heavy (non-hydrogen) atoms. The minimum atomic E-state index is -0.0555. The minimum Gasteiger partial charge on any atom is -0.325 e. The normalized spacial score (nSPS) is 10.4. The first kappa shape index (κ1) is 9.87. The monoisotopic (exact) mass is 157 g/mol. The van der Waals surface area contributed by atoms with Gasteiger partial charge < -0.3 is 5.73 Å². The molecule has 0 saturated carbocycles. The van der Waals surface area contributed by atoms with Crippen molar-refractivity contribution >= 4 is 11.8 Å². The van der Waals surface area contributed by atoms with Crippen LogP contribution in [0.3, 0.4) is 0 Å². The average molecular weight is 157 g/mol. The summed E-state index contributed by atoms with van der Waals surface area (Å²) in [5.74, 6) is 7.69. The van der Waals surface area contributed by atoms with Gasteiger partial charge in [0.15, 0.2) is 0 Å². The minimum absolute atomic E-state index is 0.0555. The molecule has 1 nitrogen and oxygen atoms in total. The molecule has 0 aliphatic carbocycles. The maximum atomic E-state index is 5.75. The van der Waals surface area contributed by atoms with Crippen molar-refractivity contribution in [3.8, 4) is 11.8 Å². The van der Waals surface area contributed by atoms with E-state index in [0.29, 0.717) is 0 Å². The van der Waals surface area contributed by atoms with E-state index in [4.69, 9.17) is 5.73 Å². The number of nitrogens with two attached hydrogens (primary N) is 1. The first-order chi connectivity index (χ1) is 4.56. The highest BCUT2D eigenvalue weighted by molar-refractivity contribution is 7.99. The second-order valence-corrected chi connectivity index (χ2v) is 3.89. The van der Waals surface area contributed by atoms with Gasteiger partial charge in [0.05, 0.1) is 5.75 Å². The van der Waals surface area contributed by atoms with E-state index in [-0.39, 0.29) is 5.54 Å². The van der Waals surface area contributed by atoms with Crippen LogP contribution in [0.5, 0.6) is 0 Å². The summed E-state index contributed by atoms with van der Waals surface area (Å²) in [5.41, 5.74) is 5.69. The maximum Gasteiger partial charge on any atom is 0.0548 e. The molecule has 0 aliphatic rings. The summed E-state index contributed by atoms with van der Waals surface area (Å²) in [4.78, 5) is 0. The highest BCUT2D eigenvalue weighted by Crippen LogP contribution is 2.08. The summed E-state index contributed by atoms with van der Waals surface area (Å²) < 4.78 is 0. The fraction of sp³-hybridized carbons (Fsp3) is 0.750. The zero-order valence-electron chi connectivity index (χ0n) is 6.90. The Morgan fingerprint density at radius 1 is 1.50 bits per heavy atom. The van der Waals surface area contributed by atoms with E-state index in [1.807, 2.05) is 20.8 Å². The third-order valence-corrected chi connectivity index (χ3v) is 2.12. The Balaban J connectivity index is 3.26. The molecule has 2 N–H and O–H groups in total. The van der Waals surface area contributed by atoms with Crippen LogP contribution in [0.25, 0.3) is 0 Å². The first-order valence-corrected chi connectivity index (χ1v) is 4.48. The smallest absolute Gasteiger partial charge is 0.0548 e. The number of hydrogen-bond donors (Lipinski definition) is 1. The molecular formula is C8H15NS. The summed E-state index contributed by atoms with van der Waals surface area (Å²) in [7, 11) is 0. The van der Waals surface area contributed by atoms with Crippen LogP contribution in [-0.4, -0.2) is 17.0 Å². The van der Waals surface area contributed by atoms with Crippen LogP contribution >= 0.6 is 11.8 Å². The SMILES string of the molecule is CC#CCSCC(C)(C)N. The molecule has 58 valence electrons. The molecule has 0 aromatic heterocycles. The third kappa shape index (κ3) is 7.87. The predicted molar refractivity (Wildman–Crippen MR) is 49.0 cm³/mol. The lowest BCUT2D eigenvalue weighted by molar-refractivity contribution is 0.591. The highest BCUT2D eigenvalue weighted by atomic mass is 32.2. The molecule has 0 amide bonds. The van der Waals surface area contributed by atoms with E-state index in [1.54, 1.807) is 11.8 Å². The molecule has 0 spiro atoms. The molecule has 0 fully saturated rings. The molecule has 0 saturated heterocycles. The molecule has 0 aliphatic heterocycles.